The van der Waals surface area contributed by atoms with Gasteiger partial charge in [0.25, 0.3) is 5.91 Å². The summed E-state index contributed by atoms with van der Waals surface area (Å²) in [6, 6.07) is 6.24. The van der Waals surface area contributed by atoms with Gasteiger partial charge in [-0.15, -0.1) is 0 Å². The van der Waals surface area contributed by atoms with Gasteiger partial charge in [0.15, 0.2) is 0 Å². The Morgan fingerprint density at radius 1 is 1.21 bits per heavy atom. The highest BCUT2D eigenvalue weighted by Gasteiger charge is 2.43. The van der Waals surface area contributed by atoms with Crippen molar-refractivity contribution < 1.29 is 14.4 Å². The van der Waals surface area contributed by atoms with Crippen molar-refractivity contribution in [2.24, 2.45) is 5.92 Å². The molecule has 3 rings (SSSR count). The first-order valence-electron chi connectivity index (χ1n) is 8.22. The maximum Gasteiger partial charge on any atom is 0.325 e. The highest BCUT2D eigenvalue weighted by atomic mass is 79.9. The van der Waals surface area contributed by atoms with Crippen molar-refractivity contribution in [2.45, 2.75) is 38.1 Å². The summed E-state index contributed by atoms with van der Waals surface area (Å²) < 4.78 is 0.746. The summed E-state index contributed by atoms with van der Waals surface area (Å²) >= 11 is 3.35. The largest absolute Gasteiger partial charge is 0.326 e. The number of anilines is 1. The van der Waals surface area contributed by atoms with Crippen LogP contribution in [0.1, 0.15) is 32.1 Å². The SMILES string of the molecule is O=C(CN1C(=O)N[C@H](C2CCCCC2)C1=O)Nc1ccccc1Br. The zero-order chi connectivity index (χ0) is 17.1. The Morgan fingerprint density at radius 3 is 2.62 bits per heavy atom. The molecule has 0 unspecified atom stereocenters. The second-order valence-electron chi connectivity index (χ2n) is 6.28. The van der Waals surface area contributed by atoms with Crippen LogP contribution in [0.25, 0.3) is 0 Å². The van der Waals surface area contributed by atoms with Gasteiger partial charge in [-0.05, 0) is 46.8 Å². The number of urea groups is 1. The summed E-state index contributed by atoms with van der Waals surface area (Å²) in [7, 11) is 0. The molecule has 1 aliphatic carbocycles. The minimum Gasteiger partial charge on any atom is -0.326 e. The summed E-state index contributed by atoms with van der Waals surface area (Å²) in [5.74, 6) is -0.490. The molecule has 1 atom stereocenters. The molecular formula is C17H20BrN3O3. The van der Waals surface area contributed by atoms with Crippen molar-refractivity contribution in [3.8, 4) is 0 Å². The fourth-order valence-corrected chi connectivity index (χ4v) is 3.76. The van der Waals surface area contributed by atoms with E-state index in [0.29, 0.717) is 5.69 Å². The maximum atomic E-state index is 12.5. The Morgan fingerprint density at radius 2 is 1.92 bits per heavy atom. The molecule has 1 aromatic rings. The van der Waals surface area contributed by atoms with E-state index in [1.807, 2.05) is 12.1 Å². The maximum absolute atomic E-state index is 12.5. The number of para-hydroxylation sites is 1. The molecule has 2 aliphatic rings. The fraction of sp³-hybridized carbons (Fsp3) is 0.471. The minimum atomic E-state index is -0.478. The number of halogens is 1. The molecule has 4 amide bonds. The first-order valence-corrected chi connectivity index (χ1v) is 9.02. The lowest BCUT2D eigenvalue weighted by Gasteiger charge is -2.25. The summed E-state index contributed by atoms with van der Waals surface area (Å²) in [5, 5.41) is 5.47. The van der Waals surface area contributed by atoms with Gasteiger partial charge in [0.2, 0.25) is 5.91 Å². The average molecular weight is 394 g/mol. The second kappa shape index (κ2) is 7.34. The molecule has 1 saturated carbocycles. The van der Waals surface area contributed by atoms with Crippen molar-refractivity contribution in [1.29, 1.82) is 0 Å². The van der Waals surface area contributed by atoms with E-state index in [1.165, 1.54) is 6.42 Å². The van der Waals surface area contributed by atoms with Gasteiger partial charge in [-0.25, -0.2) is 4.79 Å². The lowest BCUT2D eigenvalue weighted by molar-refractivity contribution is -0.131. The lowest BCUT2D eigenvalue weighted by Crippen LogP contribution is -2.40. The summed E-state index contributed by atoms with van der Waals surface area (Å²) in [5.41, 5.74) is 0.610. The Bertz CT molecular complexity index is 658. The van der Waals surface area contributed by atoms with Gasteiger partial charge < -0.3 is 10.6 Å². The van der Waals surface area contributed by atoms with Gasteiger partial charge in [-0.1, -0.05) is 31.4 Å². The number of imide groups is 1. The minimum absolute atomic E-state index is 0.187. The van der Waals surface area contributed by atoms with Crippen LogP contribution in [0.5, 0.6) is 0 Å². The number of nitrogens with zero attached hydrogens (tertiary/aromatic N) is 1. The van der Waals surface area contributed by atoms with Crippen LogP contribution in [-0.4, -0.2) is 35.3 Å². The molecule has 24 heavy (non-hydrogen) atoms. The quantitative estimate of drug-likeness (QED) is 0.771. The Hall–Kier alpha value is -1.89. The molecule has 1 aromatic carbocycles. The molecule has 7 heteroatoms. The van der Waals surface area contributed by atoms with Crippen LogP contribution in [-0.2, 0) is 9.59 Å². The predicted octanol–water partition coefficient (Wildman–Crippen LogP) is 2.89. The topological polar surface area (TPSA) is 78.5 Å². The van der Waals surface area contributed by atoms with Crippen LogP contribution in [0.4, 0.5) is 10.5 Å². The van der Waals surface area contributed by atoms with Gasteiger partial charge in [-0.2, -0.15) is 0 Å². The number of hydrogen-bond acceptors (Lipinski definition) is 3. The number of amides is 4. The van der Waals surface area contributed by atoms with E-state index < -0.39 is 18.0 Å². The van der Waals surface area contributed by atoms with Crippen molar-refractivity contribution in [3.63, 3.8) is 0 Å². The highest BCUT2D eigenvalue weighted by molar-refractivity contribution is 9.10. The number of carbonyl (C=O) groups excluding carboxylic acids is 3. The smallest absolute Gasteiger partial charge is 0.325 e. The third-order valence-corrected chi connectivity index (χ3v) is 5.32. The Kier molecular flexibility index (Phi) is 5.18. The zero-order valence-corrected chi connectivity index (χ0v) is 14.8. The Labute approximate surface area is 149 Å². The molecule has 0 bridgehead atoms. The van der Waals surface area contributed by atoms with Crippen LogP contribution in [0, 0.1) is 5.92 Å². The van der Waals surface area contributed by atoms with Crippen LogP contribution < -0.4 is 10.6 Å². The molecule has 0 aromatic heterocycles. The van der Waals surface area contributed by atoms with E-state index in [0.717, 1.165) is 35.1 Å². The van der Waals surface area contributed by atoms with E-state index in [9.17, 15) is 14.4 Å². The van der Waals surface area contributed by atoms with Crippen molar-refractivity contribution in [2.75, 3.05) is 11.9 Å². The van der Waals surface area contributed by atoms with Gasteiger partial charge in [0.1, 0.15) is 12.6 Å². The number of nitrogens with one attached hydrogen (secondary N) is 2. The summed E-state index contributed by atoms with van der Waals surface area (Å²) in [4.78, 5) is 37.8. The van der Waals surface area contributed by atoms with Crippen molar-refractivity contribution in [3.05, 3.63) is 28.7 Å². The monoisotopic (exact) mass is 393 g/mol. The highest BCUT2D eigenvalue weighted by Crippen LogP contribution is 2.29. The van der Waals surface area contributed by atoms with Crippen LogP contribution in [0.2, 0.25) is 0 Å². The molecule has 2 N–H and O–H groups in total. The van der Waals surface area contributed by atoms with Crippen LogP contribution >= 0.6 is 15.9 Å². The number of carbonyl (C=O) groups is 3. The molecule has 0 spiro atoms. The first kappa shape index (κ1) is 17.0. The summed E-state index contributed by atoms with van der Waals surface area (Å²) in [6.45, 7) is -0.269. The zero-order valence-electron chi connectivity index (χ0n) is 13.3. The normalized spacial score (nSPS) is 21.7. The van der Waals surface area contributed by atoms with Crippen LogP contribution in [0.3, 0.4) is 0 Å². The van der Waals surface area contributed by atoms with Crippen molar-refractivity contribution in [1.82, 2.24) is 10.2 Å². The molecule has 0 radical (unpaired) electrons. The standard InChI is InChI=1S/C17H20BrN3O3/c18-12-8-4-5-9-13(12)19-14(22)10-21-16(23)15(20-17(21)24)11-6-2-1-3-7-11/h4-5,8-9,11,15H,1-3,6-7,10H2,(H,19,22)(H,20,24)/t15-/m1/s1. The van der Waals surface area contributed by atoms with Crippen LogP contribution in [0.15, 0.2) is 28.7 Å². The van der Waals surface area contributed by atoms with E-state index in [-0.39, 0.29) is 18.4 Å². The molecule has 128 valence electrons. The molecule has 1 saturated heterocycles. The van der Waals surface area contributed by atoms with E-state index in [2.05, 4.69) is 26.6 Å². The van der Waals surface area contributed by atoms with E-state index in [4.69, 9.17) is 0 Å². The number of benzene rings is 1. The van der Waals surface area contributed by atoms with Crippen molar-refractivity contribution >= 4 is 39.5 Å². The molecule has 1 heterocycles. The fourth-order valence-electron chi connectivity index (χ4n) is 3.37. The second-order valence-corrected chi connectivity index (χ2v) is 7.13. The number of rotatable bonds is 4. The van der Waals surface area contributed by atoms with Gasteiger partial charge in [0.05, 0.1) is 5.69 Å². The van der Waals surface area contributed by atoms with E-state index >= 15 is 0 Å². The molecule has 2 fully saturated rings. The average Bonchev–Trinajstić information content (AvgIpc) is 2.86. The number of hydrogen-bond donors (Lipinski definition) is 2. The molecule has 1 aliphatic heterocycles. The van der Waals surface area contributed by atoms with Gasteiger partial charge >= 0.3 is 6.03 Å². The van der Waals surface area contributed by atoms with Gasteiger partial charge in [0, 0.05) is 4.47 Å². The summed E-state index contributed by atoms with van der Waals surface area (Å²) in [6.07, 6.45) is 5.27. The third-order valence-electron chi connectivity index (χ3n) is 4.63. The lowest BCUT2D eigenvalue weighted by atomic mass is 9.84. The predicted molar refractivity (Wildman–Crippen MR) is 93.4 cm³/mol. The first-order chi connectivity index (χ1) is 11.6. The Balaban J connectivity index is 1.62. The van der Waals surface area contributed by atoms with Gasteiger partial charge in [-0.3, -0.25) is 14.5 Å². The van der Waals surface area contributed by atoms with E-state index in [1.54, 1.807) is 12.1 Å². The third kappa shape index (κ3) is 3.61. The molecular weight excluding hydrogens is 374 g/mol. The molecule has 6 nitrogen and oxygen atoms in total.